The van der Waals surface area contributed by atoms with E-state index in [1.165, 1.54) is 0 Å². The maximum atomic E-state index is 12.9. The third kappa shape index (κ3) is 7.77. The Balaban J connectivity index is 0.000000188. The molecule has 13 heteroatoms. The normalized spacial score (nSPS) is 46.5. The minimum atomic E-state index is -2.13. The minimum absolute atomic E-state index is 0.00678. The lowest BCUT2D eigenvalue weighted by Gasteiger charge is -2.52. The van der Waals surface area contributed by atoms with Crippen molar-refractivity contribution in [3.8, 4) is 0 Å². The van der Waals surface area contributed by atoms with E-state index in [9.17, 15) is 24.6 Å². The number of rotatable bonds is 4. The molecule has 0 unspecified atom stereocenters. The molecular formula is C54H88Cl2O9Si2. The summed E-state index contributed by atoms with van der Waals surface area (Å²) in [5.74, 6) is 3.10. The molecule has 0 bridgehead atoms. The zero-order chi connectivity index (χ0) is 50.7. The van der Waals surface area contributed by atoms with Crippen LogP contribution in [-0.2, 0) is 27.9 Å². The van der Waals surface area contributed by atoms with E-state index in [1.54, 1.807) is 6.08 Å². The van der Waals surface area contributed by atoms with Gasteiger partial charge in [-0.2, -0.15) is 0 Å². The van der Waals surface area contributed by atoms with Crippen LogP contribution in [0.3, 0.4) is 0 Å². The topological polar surface area (TPSA) is 129 Å². The third-order valence-corrected chi connectivity index (χ3v) is 30.9. The van der Waals surface area contributed by atoms with Crippen LogP contribution in [0.1, 0.15) is 136 Å². The Morgan fingerprint density at radius 1 is 0.672 bits per heavy atom. The van der Waals surface area contributed by atoms with Crippen molar-refractivity contribution in [2.24, 2.45) is 80.8 Å². The van der Waals surface area contributed by atoms with Crippen LogP contribution in [-0.4, -0.2) is 85.5 Å². The summed E-state index contributed by atoms with van der Waals surface area (Å²) in [6.45, 7) is 45.8. The summed E-state index contributed by atoms with van der Waals surface area (Å²) in [4.78, 5) is 38.1. The van der Waals surface area contributed by atoms with Gasteiger partial charge in [0.15, 0.2) is 39.9 Å². The van der Waals surface area contributed by atoms with Gasteiger partial charge < -0.3 is 28.5 Å². The highest BCUT2D eigenvalue weighted by Gasteiger charge is 2.78. The maximum absolute atomic E-state index is 12.9. The molecule has 1 saturated heterocycles. The Kier molecular flexibility index (Phi) is 13.2. The van der Waals surface area contributed by atoms with E-state index in [2.05, 4.69) is 130 Å². The first-order chi connectivity index (χ1) is 30.3. The number of halogens is 2. The summed E-state index contributed by atoms with van der Waals surface area (Å²) in [6.07, 6.45) is 3.59. The van der Waals surface area contributed by atoms with Crippen LogP contribution in [0.4, 0.5) is 4.79 Å². The van der Waals surface area contributed by atoms with E-state index in [4.69, 9.17) is 41.5 Å². The molecular weight excluding hydrogens is 920 g/mol. The summed E-state index contributed by atoms with van der Waals surface area (Å²) in [7, 11) is -4.25. The van der Waals surface area contributed by atoms with Crippen molar-refractivity contribution in [1.29, 1.82) is 0 Å². The molecule has 8 aliphatic carbocycles. The van der Waals surface area contributed by atoms with Gasteiger partial charge in [-0.3, -0.25) is 9.59 Å². The second-order valence-electron chi connectivity index (χ2n) is 27.9. The average molecular weight is 1010 g/mol. The van der Waals surface area contributed by atoms with E-state index in [0.29, 0.717) is 35.5 Å². The van der Waals surface area contributed by atoms with Crippen molar-refractivity contribution in [2.45, 2.75) is 208 Å². The highest BCUT2D eigenvalue weighted by Crippen LogP contribution is 2.78. The van der Waals surface area contributed by atoms with Gasteiger partial charge in [-0.15, -0.1) is 23.2 Å². The van der Waals surface area contributed by atoms with E-state index in [0.717, 1.165) is 24.0 Å². The van der Waals surface area contributed by atoms with Crippen LogP contribution in [0.15, 0.2) is 23.3 Å². The molecule has 0 aromatic carbocycles. The van der Waals surface area contributed by atoms with Gasteiger partial charge in [0.25, 0.3) is 0 Å². The van der Waals surface area contributed by atoms with Gasteiger partial charge in [0.05, 0.1) is 30.1 Å². The lowest BCUT2D eigenvalue weighted by atomic mass is 9.55. The first-order valence-electron chi connectivity index (χ1n) is 25.6. The monoisotopic (exact) mass is 1010 g/mol. The molecule has 1 aliphatic heterocycles. The summed E-state index contributed by atoms with van der Waals surface area (Å²) in [6, 6.07) is 0. The van der Waals surface area contributed by atoms with Crippen molar-refractivity contribution in [2.75, 3.05) is 5.34 Å². The summed E-state index contributed by atoms with van der Waals surface area (Å²) < 4.78 is 26.4. The van der Waals surface area contributed by atoms with Gasteiger partial charge in [-0.1, -0.05) is 111 Å². The fourth-order valence-corrected chi connectivity index (χ4v) is 18.4. The fourth-order valence-electron chi connectivity index (χ4n) is 15.6. The molecule has 1 heterocycles. The number of aliphatic hydroxyl groups is 2. The number of aliphatic hydroxyl groups excluding tert-OH is 1. The first kappa shape index (κ1) is 53.7. The second kappa shape index (κ2) is 16.5. The summed E-state index contributed by atoms with van der Waals surface area (Å²) in [5, 5.41) is 23.7. The first-order valence-corrected chi connectivity index (χ1v) is 32.5. The Bertz CT molecular complexity index is 2090. The summed E-state index contributed by atoms with van der Waals surface area (Å²) in [5.41, 5.74) is -0.853. The smallest absolute Gasteiger partial charge is 0.426 e. The number of carbonyl (C=O) groups is 3. The molecule has 380 valence electrons. The molecule has 18 atom stereocenters. The van der Waals surface area contributed by atoms with Gasteiger partial charge >= 0.3 is 6.16 Å². The lowest BCUT2D eigenvalue weighted by Crippen LogP contribution is -2.54. The number of ether oxygens (including phenoxy) is 2. The van der Waals surface area contributed by atoms with Crippen LogP contribution >= 0.6 is 23.2 Å². The van der Waals surface area contributed by atoms with E-state index in [1.807, 2.05) is 13.0 Å². The van der Waals surface area contributed by atoms with Crippen molar-refractivity contribution in [3.63, 3.8) is 0 Å². The molecule has 9 aliphatic rings. The minimum Gasteiger partial charge on any atom is -0.426 e. The quantitative estimate of drug-likeness (QED) is 0.161. The molecule has 7 fully saturated rings. The molecule has 0 radical (unpaired) electrons. The largest absolute Gasteiger partial charge is 0.509 e. The van der Waals surface area contributed by atoms with E-state index < -0.39 is 46.2 Å². The van der Waals surface area contributed by atoms with Crippen molar-refractivity contribution in [3.05, 3.63) is 23.3 Å². The van der Waals surface area contributed by atoms with Gasteiger partial charge in [0.1, 0.15) is 5.60 Å². The number of alkyl halides is 2. The maximum Gasteiger partial charge on any atom is 0.509 e. The molecule has 2 N–H and O–H groups in total. The highest BCUT2D eigenvalue weighted by molar-refractivity contribution is 6.74. The molecule has 9 nitrogen and oxygen atoms in total. The molecule has 1 spiro atoms. The van der Waals surface area contributed by atoms with Crippen LogP contribution in [0.2, 0.25) is 36.3 Å². The highest BCUT2D eigenvalue weighted by atomic mass is 35.5. The van der Waals surface area contributed by atoms with E-state index >= 15 is 0 Å². The van der Waals surface area contributed by atoms with Crippen molar-refractivity contribution in [1.82, 2.24) is 0 Å². The number of carbonyl (C=O) groups excluding carboxylic acids is 3. The molecule has 6 saturated carbocycles. The Hall–Kier alpha value is -1.06. The Morgan fingerprint density at radius 3 is 1.49 bits per heavy atom. The fraction of sp³-hybridized carbons (Fsp3) is 0.870. The predicted octanol–water partition coefficient (Wildman–Crippen LogP) is 12.5. The molecule has 0 amide bonds. The SMILES string of the molecule is C[C@H]1[C@@H](O[Si](C)(C)C(C)(C)C)[C@H]2[C@H]3[C@@H](C[C@@H](C)[C@]2(C)C2=CC(=O)C[C@@]2(O)[C@@H]1O)C3(C)C.C[C@H]1[C@@H](O[Si](C)(C)C(C)(C)C)[C@H]2[C@H]3[C@@H](C[C@@H](C)[C@]2(C)C2=CC(=O)C[C@]24OC(=O)O[C@H]14)C3(C)C.ClCCl. The zero-order valence-corrected chi connectivity index (χ0v) is 48.3. The van der Waals surface area contributed by atoms with Crippen LogP contribution in [0.25, 0.3) is 0 Å². The lowest BCUT2D eigenvalue weighted by molar-refractivity contribution is -0.124. The van der Waals surface area contributed by atoms with Gasteiger partial charge in [-0.05, 0) is 136 Å². The van der Waals surface area contributed by atoms with Crippen molar-refractivity contribution < 1.29 is 42.9 Å². The molecule has 9 rings (SSSR count). The average Bonchev–Trinajstić information content (AvgIpc) is 3.61. The zero-order valence-electron chi connectivity index (χ0n) is 44.8. The molecule has 0 aromatic heterocycles. The number of fused-ring (bicyclic) bond motifs is 9. The Labute approximate surface area is 416 Å². The van der Waals surface area contributed by atoms with Gasteiger partial charge in [0, 0.05) is 23.7 Å². The molecule has 67 heavy (non-hydrogen) atoms. The number of allylic oxidation sites excluding steroid dienone is 2. The third-order valence-electron chi connectivity index (χ3n) is 21.9. The Morgan fingerprint density at radius 2 is 1.06 bits per heavy atom. The number of ketones is 2. The van der Waals surface area contributed by atoms with Crippen LogP contribution in [0.5, 0.6) is 0 Å². The second-order valence-corrected chi connectivity index (χ2v) is 38.2. The van der Waals surface area contributed by atoms with Crippen LogP contribution in [0, 0.1) is 80.8 Å². The van der Waals surface area contributed by atoms with Gasteiger partial charge in [0.2, 0.25) is 0 Å². The molecule has 0 aromatic rings. The van der Waals surface area contributed by atoms with Crippen LogP contribution < -0.4 is 0 Å². The standard InChI is InChI=1S/C27H42O5Si.C26H44O4Si.CH2Cl2/c1-14-11-17-19(25(17,6)7)20-21(32-33(9,10)24(3,4)5)15(2)22-27(31-23(29)30-22)13-16(28)12-18(27)26(14,20)8;1-14-11-17-19(24(17,6)7)20-21(30-31(9,10)23(3,4)5)15(2)22(28)26(29)13-16(27)12-18(26)25(14,20)8;2-1-3/h12,14-15,17,19-22H,11,13H2,1-10H3;12,14-15,17,19-22,28-29H,11,13H2,1-10H3;1H2/t14-,15+,17-,19-,20-,21-,22-,26-,27+;14-,15+,17-,19-,20-,21-,22-,25-,26+;/m11./s1. The number of hydrogen-bond donors (Lipinski definition) is 2. The summed E-state index contributed by atoms with van der Waals surface area (Å²) >= 11 is 9.53. The predicted molar refractivity (Wildman–Crippen MR) is 272 cm³/mol. The van der Waals surface area contributed by atoms with Crippen molar-refractivity contribution >= 4 is 57.6 Å². The van der Waals surface area contributed by atoms with Gasteiger partial charge in [-0.25, -0.2) is 4.79 Å². The number of hydrogen-bond acceptors (Lipinski definition) is 9. The van der Waals surface area contributed by atoms with E-state index in [-0.39, 0.29) is 97.4 Å².